The molecule has 146 valence electrons. The van der Waals surface area contributed by atoms with Crippen molar-refractivity contribution in [3.05, 3.63) is 88.4 Å². The second-order valence-electron chi connectivity index (χ2n) is 6.87. The molecule has 0 aliphatic heterocycles. The van der Waals surface area contributed by atoms with E-state index in [2.05, 4.69) is 16.4 Å². The first-order valence-corrected chi connectivity index (χ1v) is 11.2. The van der Waals surface area contributed by atoms with Crippen LogP contribution >= 0.6 is 34.7 Å². The summed E-state index contributed by atoms with van der Waals surface area (Å²) in [5.74, 6) is -0.0662. The van der Waals surface area contributed by atoms with Gasteiger partial charge in [-0.15, -0.1) is 11.3 Å². The number of hydrogen-bond acceptors (Lipinski definition) is 4. The van der Waals surface area contributed by atoms with Crippen LogP contribution in [0.2, 0.25) is 5.02 Å². The van der Waals surface area contributed by atoms with E-state index in [-0.39, 0.29) is 5.91 Å². The van der Waals surface area contributed by atoms with E-state index in [1.807, 2.05) is 74.5 Å². The van der Waals surface area contributed by atoms with Gasteiger partial charge >= 0.3 is 0 Å². The van der Waals surface area contributed by atoms with E-state index in [0.717, 1.165) is 36.9 Å². The molecule has 1 unspecified atom stereocenters. The van der Waals surface area contributed by atoms with Crippen molar-refractivity contribution >= 4 is 56.5 Å². The molecular weight excluding hydrogens is 420 g/mol. The smallest absolute Gasteiger partial charge is 0.242 e. The minimum absolute atomic E-state index is 0.0662. The summed E-state index contributed by atoms with van der Waals surface area (Å²) in [7, 11) is 0. The predicted molar refractivity (Wildman–Crippen MR) is 124 cm³/mol. The van der Waals surface area contributed by atoms with Gasteiger partial charge in [-0.2, -0.15) is 0 Å². The highest BCUT2D eigenvalue weighted by atomic mass is 35.5. The van der Waals surface area contributed by atoms with Gasteiger partial charge in [0.15, 0.2) is 4.34 Å². The molecule has 1 amide bonds. The largest absolute Gasteiger partial charge is 0.325 e. The van der Waals surface area contributed by atoms with Gasteiger partial charge in [0.2, 0.25) is 5.91 Å². The van der Waals surface area contributed by atoms with Gasteiger partial charge in [0.05, 0.1) is 10.2 Å². The van der Waals surface area contributed by atoms with E-state index in [9.17, 15) is 4.79 Å². The fourth-order valence-electron chi connectivity index (χ4n) is 3.19. The third-order valence-corrected chi connectivity index (χ3v) is 7.00. The van der Waals surface area contributed by atoms with Gasteiger partial charge in [-0.3, -0.25) is 4.79 Å². The van der Waals surface area contributed by atoms with E-state index in [1.165, 1.54) is 11.8 Å². The molecule has 1 N–H and O–H groups in total. The molecule has 0 radical (unpaired) electrons. The highest BCUT2D eigenvalue weighted by molar-refractivity contribution is 8.02. The van der Waals surface area contributed by atoms with Gasteiger partial charge < -0.3 is 5.32 Å². The van der Waals surface area contributed by atoms with Crippen molar-refractivity contribution in [1.29, 1.82) is 0 Å². The lowest BCUT2D eigenvalue weighted by Gasteiger charge is -2.16. The molecule has 1 atom stereocenters. The van der Waals surface area contributed by atoms with E-state index in [1.54, 1.807) is 11.3 Å². The molecule has 0 aliphatic carbocycles. The molecule has 0 spiro atoms. The molecule has 0 saturated heterocycles. The molecule has 6 heteroatoms. The first-order chi connectivity index (χ1) is 14.0. The van der Waals surface area contributed by atoms with Crippen LogP contribution in [0.3, 0.4) is 0 Å². The number of halogens is 1. The van der Waals surface area contributed by atoms with Crippen LogP contribution in [0.25, 0.3) is 10.2 Å². The van der Waals surface area contributed by atoms with Crippen LogP contribution in [0, 0.1) is 13.8 Å². The Morgan fingerprint density at radius 3 is 2.48 bits per heavy atom. The summed E-state index contributed by atoms with van der Waals surface area (Å²) >= 11 is 9.12. The maximum absolute atomic E-state index is 13.2. The SMILES string of the molecule is Cc1cc(C)cc(NC(=O)C(Sc2nc3cc(Cl)ccc3s2)c2ccccc2)c1. The maximum atomic E-state index is 13.2. The molecular formula is C23H19ClN2OS2. The number of rotatable bonds is 5. The highest BCUT2D eigenvalue weighted by Crippen LogP contribution is 2.40. The molecule has 0 fully saturated rings. The number of carbonyl (C=O) groups excluding carboxylic acids is 1. The summed E-state index contributed by atoms with van der Waals surface area (Å²) < 4.78 is 1.89. The number of aryl methyl sites for hydroxylation is 2. The number of benzene rings is 3. The zero-order valence-corrected chi connectivity index (χ0v) is 18.4. The summed E-state index contributed by atoms with van der Waals surface area (Å²) in [6.07, 6.45) is 0. The number of hydrogen-bond donors (Lipinski definition) is 1. The Morgan fingerprint density at radius 1 is 1.03 bits per heavy atom. The summed E-state index contributed by atoms with van der Waals surface area (Å²) in [6, 6.07) is 21.5. The van der Waals surface area contributed by atoms with Gasteiger partial charge in [0.25, 0.3) is 0 Å². The van der Waals surface area contributed by atoms with Crippen molar-refractivity contribution in [2.24, 2.45) is 0 Å². The second-order valence-corrected chi connectivity index (χ2v) is 9.69. The number of fused-ring (bicyclic) bond motifs is 1. The van der Waals surface area contributed by atoms with E-state index >= 15 is 0 Å². The maximum Gasteiger partial charge on any atom is 0.242 e. The summed E-state index contributed by atoms with van der Waals surface area (Å²) in [5, 5.41) is 3.33. The third kappa shape index (κ3) is 4.81. The van der Waals surface area contributed by atoms with Crippen LogP contribution in [0.4, 0.5) is 5.69 Å². The quantitative estimate of drug-likeness (QED) is 0.340. The number of amides is 1. The van der Waals surface area contributed by atoms with E-state index < -0.39 is 5.25 Å². The predicted octanol–water partition coefficient (Wildman–Crippen LogP) is 7.04. The zero-order valence-electron chi connectivity index (χ0n) is 16.0. The fourth-order valence-corrected chi connectivity index (χ4v) is 5.59. The summed E-state index contributed by atoms with van der Waals surface area (Å²) in [4.78, 5) is 17.9. The van der Waals surface area contributed by atoms with Crippen molar-refractivity contribution < 1.29 is 4.79 Å². The van der Waals surface area contributed by atoms with Gasteiger partial charge in [-0.05, 0) is 60.9 Å². The Bertz CT molecular complexity index is 1150. The van der Waals surface area contributed by atoms with E-state index in [4.69, 9.17) is 11.6 Å². The van der Waals surface area contributed by atoms with Gasteiger partial charge in [0.1, 0.15) is 5.25 Å². The molecule has 4 aromatic rings. The fraction of sp³-hybridized carbons (Fsp3) is 0.130. The van der Waals surface area contributed by atoms with Crippen LogP contribution < -0.4 is 5.32 Å². The number of nitrogens with one attached hydrogen (secondary N) is 1. The molecule has 0 aliphatic rings. The van der Waals surface area contributed by atoms with Crippen molar-refractivity contribution in [2.75, 3.05) is 5.32 Å². The van der Waals surface area contributed by atoms with Crippen LogP contribution in [0.5, 0.6) is 0 Å². The zero-order chi connectivity index (χ0) is 20.4. The second kappa shape index (κ2) is 8.57. The Balaban J connectivity index is 1.64. The molecule has 1 heterocycles. The Hall–Kier alpha value is -2.34. The van der Waals surface area contributed by atoms with Crippen LogP contribution in [0.15, 0.2) is 71.1 Å². The van der Waals surface area contributed by atoms with Gasteiger partial charge in [-0.25, -0.2) is 4.98 Å². The lowest BCUT2D eigenvalue weighted by atomic mass is 10.1. The van der Waals surface area contributed by atoms with Crippen LogP contribution in [-0.2, 0) is 4.79 Å². The number of aromatic nitrogens is 1. The number of carbonyl (C=O) groups is 1. The van der Waals surface area contributed by atoms with Gasteiger partial charge in [-0.1, -0.05) is 59.8 Å². The average molecular weight is 439 g/mol. The minimum atomic E-state index is -0.409. The summed E-state index contributed by atoms with van der Waals surface area (Å²) in [5.41, 5.74) is 4.84. The van der Waals surface area contributed by atoms with E-state index in [0.29, 0.717) is 5.02 Å². The molecule has 3 nitrogen and oxygen atoms in total. The standard InChI is InChI=1S/C23H19ClN2OS2/c1-14-10-15(2)12-18(11-14)25-22(27)21(16-6-4-3-5-7-16)29-23-26-19-13-17(24)8-9-20(19)28-23/h3-13,21H,1-2H3,(H,25,27). The summed E-state index contributed by atoms with van der Waals surface area (Å²) in [6.45, 7) is 4.05. The number of thioether (sulfide) groups is 1. The van der Waals surface area contributed by atoms with Crippen molar-refractivity contribution in [3.8, 4) is 0 Å². The third-order valence-electron chi connectivity index (χ3n) is 4.38. The lowest BCUT2D eigenvalue weighted by Crippen LogP contribution is -2.19. The van der Waals surface area contributed by atoms with Crippen molar-refractivity contribution in [3.63, 3.8) is 0 Å². The van der Waals surface area contributed by atoms with Crippen molar-refractivity contribution in [1.82, 2.24) is 4.98 Å². The molecule has 0 bridgehead atoms. The Labute approximate surface area is 183 Å². The number of thiazole rings is 1. The minimum Gasteiger partial charge on any atom is -0.325 e. The van der Waals surface area contributed by atoms with Crippen LogP contribution in [0.1, 0.15) is 21.9 Å². The Kier molecular flexibility index (Phi) is 5.90. The molecule has 0 saturated carbocycles. The molecule has 1 aromatic heterocycles. The van der Waals surface area contributed by atoms with Crippen LogP contribution in [-0.4, -0.2) is 10.9 Å². The normalized spacial score (nSPS) is 12.1. The first-order valence-electron chi connectivity index (χ1n) is 9.15. The van der Waals surface area contributed by atoms with Crippen molar-refractivity contribution in [2.45, 2.75) is 23.4 Å². The molecule has 4 rings (SSSR count). The lowest BCUT2D eigenvalue weighted by molar-refractivity contribution is -0.115. The first kappa shape index (κ1) is 20.0. The topological polar surface area (TPSA) is 42.0 Å². The number of anilines is 1. The van der Waals surface area contributed by atoms with Gasteiger partial charge in [0, 0.05) is 10.7 Å². The number of nitrogens with zero attached hydrogens (tertiary/aromatic N) is 1. The Morgan fingerprint density at radius 2 is 1.76 bits per heavy atom. The monoisotopic (exact) mass is 438 g/mol. The average Bonchev–Trinajstić information content (AvgIpc) is 3.07. The molecule has 3 aromatic carbocycles. The molecule has 29 heavy (non-hydrogen) atoms. The highest BCUT2D eigenvalue weighted by Gasteiger charge is 2.24.